The van der Waals surface area contributed by atoms with E-state index in [1.165, 1.54) is 121 Å². The van der Waals surface area contributed by atoms with Crippen LogP contribution in [0.2, 0.25) is 0 Å². The maximum absolute atomic E-state index is 2.53. The first kappa shape index (κ1) is 33.4. The molecule has 0 aromatic heterocycles. The first-order chi connectivity index (χ1) is 28.3. The lowest BCUT2D eigenvalue weighted by Gasteiger charge is -2.24. The minimum atomic E-state index is -0.116. The zero-order valence-electron chi connectivity index (χ0n) is 33.3. The van der Waals surface area contributed by atoms with Gasteiger partial charge in [-0.2, -0.15) is 0 Å². The van der Waals surface area contributed by atoms with Crippen LogP contribution in [0, 0.1) is 0 Å². The van der Waals surface area contributed by atoms with Gasteiger partial charge in [-0.3, -0.25) is 0 Å². The van der Waals surface area contributed by atoms with Crippen molar-refractivity contribution in [2.45, 2.75) is 38.5 Å². The summed E-state index contributed by atoms with van der Waals surface area (Å²) >= 11 is 0. The van der Waals surface area contributed by atoms with E-state index < -0.39 is 0 Å². The third-order valence-electron chi connectivity index (χ3n) is 13.9. The Morgan fingerprint density at radius 2 is 0.621 bits per heavy atom. The SMILES string of the molecule is CC1(C)c2ccccc2-c2ccc(-c3ccc(-c4c5ccccc5c(-c5cc6c(c7ccccc57)-c5ccccc5C6(C)C)c5ccccc45)c4ccccc34)cc21. The van der Waals surface area contributed by atoms with Crippen molar-refractivity contribution in [2.75, 3.05) is 0 Å². The summed E-state index contributed by atoms with van der Waals surface area (Å²) in [5, 5.41) is 10.3. The van der Waals surface area contributed by atoms with Crippen molar-refractivity contribution in [3.63, 3.8) is 0 Å². The van der Waals surface area contributed by atoms with E-state index in [2.05, 4.69) is 210 Å². The van der Waals surface area contributed by atoms with Crippen LogP contribution in [0.25, 0.3) is 98.7 Å². The minimum absolute atomic E-state index is 0.0544. The van der Waals surface area contributed by atoms with E-state index in [0.717, 1.165) is 0 Å². The number of rotatable bonds is 3. The van der Waals surface area contributed by atoms with Crippen molar-refractivity contribution in [2.24, 2.45) is 0 Å². The Balaban J connectivity index is 1.11. The second-order valence-corrected chi connectivity index (χ2v) is 17.5. The maximum atomic E-state index is 2.53. The smallest absolute Gasteiger partial charge is 0.0159 e. The second kappa shape index (κ2) is 11.9. The van der Waals surface area contributed by atoms with Crippen molar-refractivity contribution in [3.8, 4) is 55.6 Å². The van der Waals surface area contributed by atoms with Gasteiger partial charge in [0, 0.05) is 10.8 Å². The minimum Gasteiger partial charge on any atom is -0.0619 e. The predicted molar refractivity (Wildman–Crippen MR) is 248 cm³/mol. The standard InChI is InChI=1S/C58H42/c1-57(2)50-27-15-13-20-40(50)41-30-29-35(33-52(41)57)36-31-32-47(38-18-6-5-17-37(36)38)54-43-22-9-11-24-45(43)55(46-25-12-10-23-44(46)54)49-34-53-56(42-21-8-7-19-39(42)49)48-26-14-16-28-51(48)58(53,3)4/h5-34H,1-4H3. The fourth-order valence-corrected chi connectivity index (χ4v) is 11.1. The van der Waals surface area contributed by atoms with Crippen molar-refractivity contribution >= 4 is 43.1 Å². The van der Waals surface area contributed by atoms with E-state index in [4.69, 9.17) is 0 Å². The zero-order chi connectivity index (χ0) is 38.9. The average molecular weight is 739 g/mol. The monoisotopic (exact) mass is 738 g/mol. The summed E-state index contributed by atoms with van der Waals surface area (Å²) in [6.45, 7) is 9.53. The van der Waals surface area contributed by atoms with Gasteiger partial charge in [-0.1, -0.05) is 198 Å². The Morgan fingerprint density at radius 3 is 1.22 bits per heavy atom. The van der Waals surface area contributed by atoms with E-state index >= 15 is 0 Å². The highest BCUT2D eigenvalue weighted by molar-refractivity contribution is 6.26. The molecule has 0 heterocycles. The maximum Gasteiger partial charge on any atom is 0.0159 e. The van der Waals surface area contributed by atoms with Crippen LogP contribution in [0.5, 0.6) is 0 Å². The largest absolute Gasteiger partial charge is 0.0619 e. The van der Waals surface area contributed by atoms with Gasteiger partial charge < -0.3 is 0 Å². The normalized spacial score (nSPS) is 14.5. The summed E-state index contributed by atoms with van der Waals surface area (Å²) in [6, 6.07) is 68.7. The molecule has 0 spiro atoms. The molecule has 0 bridgehead atoms. The summed E-state index contributed by atoms with van der Waals surface area (Å²) in [7, 11) is 0. The molecule has 274 valence electrons. The van der Waals surface area contributed by atoms with Gasteiger partial charge in [0.2, 0.25) is 0 Å². The first-order valence-electron chi connectivity index (χ1n) is 20.7. The first-order valence-corrected chi connectivity index (χ1v) is 20.7. The van der Waals surface area contributed by atoms with Crippen LogP contribution in [0.15, 0.2) is 182 Å². The summed E-state index contributed by atoms with van der Waals surface area (Å²) in [6.07, 6.45) is 0. The molecule has 0 heteroatoms. The van der Waals surface area contributed by atoms with Gasteiger partial charge in [-0.05, 0) is 133 Å². The Morgan fingerprint density at radius 1 is 0.241 bits per heavy atom. The van der Waals surface area contributed by atoms with Gasteiger partial charge in [-0.25, -0.2) is 0 Å². The number of hydrogen-bond acceptors (Lipinski definition) is 0. The summed E-state index contributed by atoms with van der Waals surface area (Å²) in [4.78, 5) is 0. The number of benzene rings is 10. The Labute approximate surface area is 340 Å². The van der Waals surface area contributed by atoms with Crippen LogP contribution in [-0.4, -0.2) is 0 Å². The highest BCUT2D eigenvalue weighted by Crippen LogP contribution is 2.55. The lowest BCUT2D eigenvalue weighted by atomic mass is 9.78. The molecule has 0 fully saturated rings. The third kappa shape index (κ3) is 4.41. The molecule has 10 aromatic carbocycles. The van der Waals surface area contributed by atoms with E-state index in [1.54, 1.807) is 0 Å². The molecule has 0 N–H and O–H groups in total. The van der Waals surface area contributed by atoms with Gasteiger partial charge in [0.15, 0.2) is 0 Å². The van der Waals surface area contributed by atoms with Crippen LogP contribution in [0.1, 0.15) is 49.9 Å². The van der Waals surface area contributed by atoms with Crippen molar-refractivity contribution in [1.29, 1.82) is 0 Å². The highest BCUT2D eigenvalue weighted by atomic mass is 14.4. The molecule has 12 rings (SSSR count). The van der Waals surface area contributed by atoms with Crippen LogP contribution < -0.4 is 0 Å². The van der Waals surface area contributed by atoms with Gasteiger partial charge in [0.05, 0.1) is 0 Å². The van der Waals surface area contributed by atoms with E-state index in [9.17, 15) is 0 Å². The van der Waals surface area contributed by atoms with Crippen LogP contribution in [0.4, 0.5) is 0 Å². The molecule has 10 aromatic rings. The van der Waals surface area contributed by atoms with Gasteiger partial charge in [-0.15, -0.1) is 0 Å². The van der Waals surface area contributed by atoms with Crippen LogP contribution in [0.3, 0.4) is 0 Å². The molecule has 0 saturated carbocycles. The molecule has 2 aliphatic rings. The summed E-state index contributed by atoms with van der Waals surface area (Å²) < 4.78 is 0. The Hall–Kier alpha value is -6.76. The average Bonchev–Trinajstić information content (AvgIpc) is 3.64. The lowest BCUT2D eigenvalue weighted by Crippen LogP contribution is -2.15. The molecule has 0 saturated heterocycles. The molecule has 0 amide bonds. The topological polar surface area (TPSA) is 0 Å². The highest BCUT2D eigenvalue weighted by Gasteiger charge is 2.38. The fraction of sp³-hybridized carbons (Fsp3) is 0.103. The number of hydrogen-bond donors (Lipinski definition) is 0. The van der Waals surface area contributed by atoms with Crippen molar-refractivity contribution in [1.82, 2.24) is 0 Å². The fourth-order valence-electron chi connectivity index (χ4n) is 11.1. The summed E-state index contributed by atoms with van der Waals surface area (Å²) in [5.41, 5.74) is 18.6. The molecule has 0 nitrogen and oxygen atoms in total. The molecule has 0 aliphatic heterocycles. The number of fused-ring (bicyclic) bond motifs is 11. The molecule has 0 atom stereocenters. The lowest BCUT2D eigenvalue weighted by molar-refractivity contribution is 0.660. The van der Waals surface area contributed by atoms with E-state index in [-0.39, 0.29) is 10.8 Å². The zero-order valence-corrected chi connectivity index (χ0v) is 33.3. The molecule has 2 aliphatic carbocycles. The Kier molecular flexibility index (Phi) is 6.84. The van der Waals surface area contributed by atoms with E-state index in [1.807, 2.05) is 0 Å². The molecule has 0 unspecified atom stereocenters. The molecule has 58 heavy (non-hydrogen) atoms. The summed E-state index contributed by atoms with van der Waals surface area (Å²) in [5.74, 6) is 0. The van der Waals surface area contributed by atoms with Crippen LogP contribution >= 0.6 is 0 Å². The Bertz CT molecular complexity index is 3330. The van der Waals surface area contributed by atoms with Gasteiger partial charge in [0.1, 0.15) is 0 Å². The second-order valence-electron chi connectivity index (χ2n) is 17.5. The quantitative estimate of drug-likeness (QED) is 0.158. The molecule has 0 radical (unpaired) electrons. The predicted octanol–water partition coefficient (Wildman–Crippen LogP) is 15.9. The molecular weight excluding hydrogens is 697 g/mol. The van der Waals surface area contributed by atoms with E-state index in [0.29, 0.717) is 0 Å². The van der Waals surface area contributed by atoms with Crippen molar-refractivity contribution < 1.29 is 0 Å². The van der Waals surface area contributed by atoms with Crippen LogP contribution in [-0.2, 0) is 10.8 Å². The molecular formula is C58H42. The van der Waals surface area contributed by atoms with Gasteiger partial charge >= 0.3 is 0 Å². The van der Waals surface area contributed by atoms with Crippen molar-refractivity contribution in [3.05, 3.63) is 204 Å². The van der Waals surface area contributed by atoms with Gasteiger partial charge in [0.25, 0.3) is 0 Å². The third-order valence-corrected chi connectivity index (χ3v) is 13.9.